The van der Waals surface area contributed by atoms with Crippen LogP contribution < -0.4 is 10.6 Å². The van der Waals surface area contributed by atoms with Gasteiger partial charge in [0.2, 0.25) is 5.91 Å². The second-order valence-electron chi connectivity index (χ2n) is 22.5. The first kappa shape index (κ1) is 47.8. The van der Waals surface area contributed by atoms with Crippen molar-refractivity contribution in [2.24, 2.45) is 62.1 Å². The summed E-state index contributed by atoms with van der Waals surface area (Å²) < 4.78 is 6.19. The number of carbonyl (C=O) groups excluding carboxylic acids is 3. The molecule has 0 radical (unpaired) electrons. The topological polar surface area (TPSA) is 159 Å². The fourth-order valence-electron chi connectivity index (χ4n) is 14.9. The highest BCUT2D eigenvalue weighted by atomic mass is 16.5. The first-order valence-corrected chi connectivity index (χ1v) is 24.0. The predicted molar refractivity (Wildman–Crippen MR) is 241 cm³/mol. The number of aliphatic carboxylic acids is 2. The summed E-state index contributed by atoms with van der Waals surface area (Å²) in [5.41, 5.74) is 1.08. The van der Waals surface area contributed by atoms with Gasteiger partial charge in [0.1, 0.15) is 6.10 Å². The second-order valence-corrected chi connectivity index (χ2v) is 22.5. The number of carboxylic acid groups (broad SMARTS) is 2. The van der Waals surface area contributed by atoms with Gasteiger partial charge in [-0.1, -0.05) is 77.8 Å². The van der Waals surface area contributed by atoms with Gasteiger partial charge >= 0.3 is 17.9 Å². The molecule has 0 unspecified atom stereocenters. The van der Waals surface area contributed by atoms with Crippen molar-refractivity contribution in [1.82, 2.24) is 10.6 Å². The molecular weight excluding hydrogens is 781 g/mol. The average Bonchev–Trinajstić information content (AvgIpc) is 3.60. The highest BCUT2D eigenvalue weighted by Crippen LogP contribution is 2.77. The summed E-state index contributed by atoms with van der Waals surface area (Å²) in [6.07, 6.45) is 13.4. The molecule has 0 spiro atoms. The fraction of sp³-hybridized carbons (Fsp3) is 0.750. The molecule has 62 heavy (non-hydrogen) atoms. The van der Waals surface area contributed by atoms with E-state index in [0.29, 0.717) is 55.2 Å². The van der Waals surface area contributed by atoms with Crippen LogP contribution in [-0.2, 0) is 30.3 Å². The third-order valence-electron chi connectivity index (χ3n) is 18.4. The first-order valence-electron chi connectivity index (χ1n) is 24.0. The van der Waals surface area contributed by atoms with Crippen molar-refractivity contribution >= 4 is 29.7 Å². The number of carbonyl (C=O) groups is 5. The van der Waals surface area contributed by atoms with Crippen LogP contribution in [0.1, 0.15) is 174 Å². The van der Waals surface area contributed by atoms with Crippen LogP contribution in [0.4, 0.5) is 0 Å². The maximum Gasteiger partial charge on any atom is 0.309 e. The standard InChI is InChI=1S/C52H78N2O8/c1-33(2)35-21-27-52(45(59)54-31-24-34-16-13-14-17-36(34)44(58)53-30-15-11-10-12-18-41(55)56)29-28-50(8)37(43(35)52)19-20-39-49(7)25-23-40(62-42(57)32-47(3,4)46(60)61)48(5,6)38(49)22-26-51(39,50)9/h13-14,16-17,35,37-40,43H,1,10-12,15,18-32H2,2-9H3,(H,53,58)(H,54,59)(H,55,56)(H,60,61)/t35-,37+,38-,39+,40-,43+,49-,50+,51+,52-/m0/s1. The molecule has 5 saturated carbocycles. The molecule has 1 aromatic rings. The van der Waals surface area contributed by atoms with Crippen molar-refractivity contribution in [3.8, 4) is 0 Å². The van der Waals surface area contributed by atoms with Gasteiger partial charge in [0, 0.05) is 30.5 Å². The minimum absolute atomic E-state index is 0.0526. The molecule has 0 heterocycles. The predicted octanol–water partition coefficient (Wildman–Crippen LogP) is 10.2. The molecule has 0 saturated heterocycles. The van der Waals surface area contributed by atoms with E-state index >= 15 is 0 Å². The van der Waals surface area contributed by atoms with Gasteiger partial charge in [-0.15, -0.1) is 0 Å². The molecule has 0 bridgehead atoms. The third-order valence-corrected chi connectivity index (χ3v) is 18.4. The number of amides is 2. The van der Waals surface area contributed by atoms with Gasteiger partial charge in [0.05, 0.1) is 17.3 Å². The lowest BCUT2D eigenvalue weighted by Crippen LogP contribution is -2.67. The summed E-state index contributed by atoms with van der Waals surface area (Å²) in [4.78, 5) is 63.8. The lowest BCUT2D eigenvalue weighted by atomic mass is 9.32. The number of carboxylic acids is 2. The molecule has 1 aromatic carbocycles. The number of hydrogen-bond donors (Lipinski definition) is 4. The number of allylic oxidation sites excluding steroid dienone is 1. The maximum absolute atomic E-state index is 14.8. The number of ether oxygens (including phenoxy) is 1. The summed E-state index contributed by atoms with van der Waals surface area (Å²) >= 11 is 0. The summed E-state index contributed by atoms with van der Waals surface area (Å²) in [6.45, 7) is 23.1. The van der Waals surface area contributed by atoms with E-state index in [1.54, 1.807) is 13.8 Å². The Bertz CT molecular complexity index is 1890. The van der Waals surface area contributed by atoms with Crippen LogP contribution >= 0.6 is 0 Å². The molecule has 0 aromatic heterocycles. The van der Waals surface area contributed by atoms with Crippen LogP contribution in [0, 0.1) is 62.1 Å². The van der Waals surface area contributed by atoms with Crippen molar-refractivity contribution in [3.05, 3.63) is 47.5 Å². The Labute approximate surface area is 371 Å². The molecule has 10 atom stereocenters. The Kier molecular flexibility index (Phi) is 13.9. The van der Waals surface area contributed by atoms with Gasteiger partial charge < -0.3 is 25.6 Å². The second kappa shape index (κ2) is 18.1. The Morgan fingerprint density at radius 3 is 2.19 bits per heavy atom. The Balaban J connectivity index is 1.14. The molecule has 344 valence electrons. The Hall–Kier alpha value is -3.69. The van der Waals surface area contributed by atoms with Gasteiger partial charge in [0.25, 0.3) is 5.91 Å². The van der Waals surface area contributed by atoms with Crippen LogP contribution in [0.5, 0.6) is 0 Å². The molecule has 6 rings (SSSR count). The molecule has 10 heteroatoms. The van der Waals surface area contributed by atoms with Gasteiger partial charge in [-0.3, -0.25) is 24.0 Å². The quantitative estimate of drug-likeness (QED) is 0.0685. The fourth-order valence-corrected chi connectivity index (χ4v) is 14.9. The van der Waals surface area contributed by atoms with E-state index in [2.05, 4.69) is 58.8 Å². The number of nitrogens with one attached hydrogen (secondary N) is 2. The number of hydrogen-bond acceptors (Lipinski definition) is 6. The normalized spacial score (nSPS) is 34.6. The van der Waals surface area contributed by atoms with E-state index in [1.165, 1.54) is 5.57 Å². The van der Waals surface area contributed by atoms with Crippen molar-refractivity contribution in [3.63, 3.8) is 0 Å². The Morgan fingerprint density at radius 1 is 0.790 bits per heavy atom. The molecular formula is C52H78N2O8. The van der Waals surface area contributed by atoms with E-state index in [4.69, 9.17) is 9.84 Å². The molecule has 10 nitrogen and oxygen atoms in total. The summed E-state index contributed by atoms with van der Waals surface area (Å²) in [5.74, 6) is -0.342. The molecule has 0 aliphatic heterocycles. The maximum atomic E-state index is 14.8. The smallest absolute Gasteiger partial charge is 0.309 e. The summed E-state index contributed by atoms with van der Waals surface area (Å²) in [7, 11) is 0. The van der Waals surface area contributed by atoms with Crippen LogP contribution in [0.2, 0.25) is 0 Å². The van der Waals surface area contributed by atoms with E-state index in [9.17, 15) is 29.1 Å². The van der Waals surface area contributed by atoms with Gasteiger partial charge in [-0.2, -0.15) is 0 Å². The van der Waals surface area contributed by atoms with E-state index < -0.39 is 28.7 Å². The van der Waals surface area contributed by atoms with E-state index in [0.717, 1.165) is 89.0 Å². The largest absolute Gasteiger partial charge is 0.481 e. The van der Waals surface area contributed by atoms with Crippen molar-refractivity contribution in [2.75, 3.05) is 13.1 Å². The van der Waals surface area contributed by atoms with E-state index in [-0.39, 0.29) is 58.3 Å². The number of rotatable bonds is 17. The SMILES string of the molecule is C=C(C)[C@@H]1CC[C@]2(C(=O)NCCc3ccccc3C(=O)NCCCCCCC(=O)O)CC[C@]3(C)[C@H](CC[C@@H]4[C@@]5(C)CC[C@H](OC(=O)CC(C)(C)C(=O)O)C(C)(C)[C@@H]5CC[C@]43C)[C@@H]12. The molecule has 5 aliphatic rings. The van der Waals surface area contributed by atoms with Crippen LogP contribution in [0.15, 0.2) is 36.4 Å². The zero-order valence-electron chi connectivity index (χ0n) is 39.3. The minimum atomic E-state index is -1.17. The summed E-state index contributed by atoms with van der Waals surface area (Å²) in [5, 5.41) is 25.0. The number of unbranched alkanes of at least 4 members (excludes halogenated alkanes) is 3. The number of fused-ring (bicyclic) bond motifs is 7. The van der Waals surface area contributed by atoms with Crippen LogP contribution in [0.3, 0.4) is 0 Å². The molecule has 4 N–H and O–H groups in total. The highest BCUT2D eigenvalue weighted by molar-refractivity contribution is 5.95. The Morgan fingerprint density at radius 2 is 1.50 bits per heavy atom. The molecule has 5 aliphatic carbocycles. The van der Waals surface area contributed by atoms with Crippen LogP contribution in [0.25, 0.3) is 0 Å². The van der Waals surface area contributed by atoms with Gasteiger partial charge in [0.15, 0.2) is 0 Å². The van der Waals surface area contributed by atoms with Gasteiger partial charge in [-0.25, -0.2) is 0 Å². The summed E-state index contributed by atoms with van der Waals surface area (Å²) in [6, 6.07) is 7.65. The third kappa shape index (κ3) is 8.63. The number of esters is 1. The lowest BCUT2D eigenvalue weighted by Gasteiger charge is -2.72. The highest BCUT2D eigenvalue weighted by Gasteiger charge is 2.72. The number of benzene rings is 1. The minimum Gasteiger partial charge on any atom is -0.481 e. The zero-order chi connectivity index (χ0) is 45.5. The lowest BCUT2D eigenvalue weighted by molar-refractivity contribution is -0.249. The van der Waals surface area contributed by atoms with Crippen molar-refractivity contribution in [2.45, 2.75) is 171 Å². The molecule has 5 fully saturated rings. The van der Waals surface area contributed by atoms with E-state index in [1.807, 2.05) is 24.3 Å². The van der Waals surface area contributed by atoms with Crippen molar-refractivity contribution < 1.29 is 38.9 Å². The zero-order valence-corrected chi connectivity index (χ0v) is 39.3. The van der Waals surface area contributed by atoms with Crippen molar-refractivity contribution in [1.29, 1.82) is 0 Å². The average molecular weight is 859 g/mol. The van der Waals surface area contributed by atoms with Crippen LogP contribution in [-0.4, -0.2) is 59.1 Å². The van der Waals surface area contributed by atoms with Gasteiger partial charge in [-0.05, 0) is 162 Å². The molecule has 2 amide bonds. The first-order chi connectivity index (χ1) is 29.0. The monoisotopic (exact) mass is 859 g/mol.